The Labute approximate surface area is 127 Å². The first-order chi connectivity index (χ1) is 10.2. The zero-order valence-electron chi connectivity index (χ0n) is 13.2. The molecule has 3 heteroatoms. The van der Waals surface area contributed by atoms with E-state index < -0.39 is 0 Å². The third kappa shape index (κ3) is 2.98. The number of amides is 1. The highest BCUT2D eigenvalue weighted by Gasteiger charge is 2.32. The molecule has 0 saturated carbocycles. The quantitative estimate of drug-likeness (QED) is 0.834. The standard InChI is InChI=1S/C18H26N2O/c1-19-12-10-15(11-13-19)20(2)18(21)17-9-5-7-14-6-3-4-8-16(14)17/h3-4,6,8,15,17H,5,7,9-13H2,1-2H3. The van der Waals surface area contributed by atoms with Crippen molar-refractivity contribution in [3.05, 3.63) is 35.4 Å². The number of hydrogen-bond donors (Lipinski definition) is 0. The lowest BCUT2D eigenvalue weighted by Gasteiger charge is -2.37. The first-order valence-corrected chi connectivity index (χ1v) is 8.20. The lowest BCUT2D eigenvalue weighted by atomic mass is 9.82. The molecule has 3 rings (SSSR count). The third-order valence-corrected chi connectivity index (χ3v) is 5.25. The van der Waals surface area contributed by atoms with E-state index in [1.54, 1.807) is 0 Å². The summed E-state index contributed by atoms with van der Waals surface area (Å²) in [5.74, 6) is 0.413. The second kappa shape index (κ2) is 6.18. The van der Waals surface area contributed by atoms with E-state index in [1.165, 1.54) is 11.1 Å². The van der Waals surface area contributed by atoms with Crippen LogP contribution in [0, 0.1) is 0 Å². The summed E-state index contributed by atoms with van der Waals surface area (Å²) >= 11 is 0. The highest BCUT2D eigenvalue weighted by Crippen LogP contribution is 2.33. The number of rotatable bonds is 2. The molecule has 0 N–H and O–H groups in total. The van der Waals surface area contributed by atoms with E-state index in [0.29, 0.717) is 11.9 Å². The molecule has 114 valence electrons. The molecule has 0 radical (unpaired) electrons. The van der Waals surface area contributed by atoms with E-state index in [9.17, 15) is 4.79 Å². The SMILES string of the molecule is CN1CCC(N(C)C(=O)C2CCCc3ccccc32)CC1. The molecule has 21 heavy (non-hydrogen) atoms. The molecule has 3 nitrogen and oxygen atoms in total. The molecule has 1 aromatic carbocycles. The topological polar surface area (TPSA) is 23.6 Å². The maximum atomic E-state index is 13.0. The molecule has 0 bridgehead atoms. The molecule has 1 aliphatic carbocycles. The Kier molecular flexibility index (Phi) is 4.29. The Morgan fingerprint density at radius 1 is 1.19 bits per heavy atom. The maximum Gasteiger partial charge on any atom is 0.230 e. The van der Waals surface area contributed by atoms with Gasteiger partial charge in [0, 0.05) is 13.1 Å². The number of aryl methyl sites for hydroxylation is 1. The molecule has 1 saturated heterocycles. The van der Waals surface area contributed by atoms with Crippen LogP contribution in [0.4, 0.5) is 0 Å². The molecule has 1 unspecified atom stereocenters. The number of likely N-dealkylation sites (tertiary alicyclic amines) is 1. The third-order valence-electron chi connectivity index (χ3n) is 5.25. The monoisotopic (exact) mass is 286 g/mol. The Bertz CT molecular complexity index is 506. The van der Waals surface area contributed by atoms with Gasteiger partial charge in [-0.15, -0.1) is 0 Å². The number of nitrogens with zero attached hydrogens (tertiary/aromatic N) is 2. The van der Waals surface area contributed by atoms with Crippen LogP contribution in [0.2, 0.25) is 0 Å². The Hall–Kier alpha value is -1.35. The minimum absolute atomic E-state index is 0.0830. The minimum Gasteiger partial charge on any atom is -0.342 e. The van der Waals surface area contributed by atoms with E-state index >= 15 is 0 Å². The van der Waals surface area contributed by atoms with Crippen molar-refractivity contribution in [1.82, 2.24) is 9.80 Å². The van der Waals surface area contributed by atoms with Gasteiger partial charge in [-0.2, -0.15) is 0 Å². The predicted molar refractivity (Wildman–Crippen MR) is 85.4 cm³/mol. The van der Waals surface area contributed by atoms with Crippen LogP contribution in [0.3, 0.4) is 0 Å². The molecule has 0 aromatic heterocycles. The summed E-state index contributed by atoms with van der Waals surface area (Å²) in [5, 5.41) is 0. The van der Waals surface area contributed by atoms with E-state index in [-0.39, 0.29) is 5.92 Å². The number of hydrogen-bond acceptors (Lipinski definition) is 2. The van der Waals surface area contributed by atoms with Crippen molar-refractivity contribution in [3.63, 3.8) is 0 Å². The van der Waals surface area contributed by atoms with E-state index in [1.807, 2.05) is 11.9 Å². The molecule has 0 spiro atoms. The molecule has 1 amide bonds. The van der Waals surface area contributed by atoms with Gasteiger partial charge in [-0.25, -0.2) is 0 Å². The van der Waals surface area contributed by atoms with Crippen molar-refractivity contribution >= 4 is 5.91 Å². The zero-order valence-corrected chi connectivity index (χ0v) is 13.2. The van der Waals surface area contributed by atoms with Crippen molar-refractivity contribution in [2.24, 2.45) is 0 Å². The van der Waals surface area contributed by atoms with Gasteiger partial charge in [0.2, 0.25) is 5.91 Å². The molecule has 2 aliphatic rings. The lowest BCUT2D eigenvalue weighted by molar-refractivity contribution is -0.134. The molecular formula is C18H26N2O. The van der Waals surface area contributed by atoms with Gasteiger partial charge in [0.05, 0.1) is 5.92 Å². The fourth-order valence-corrected chi connectivity index (χ4v) is 3.82. The largest absolute Gasteiger partial charge is 0.342 e. The average Bonchev–Trinajstić information content (AvgIpc) is 2.53. The van der Waals surface area contributed by atoms with Gasteiger partial charge in [-0.3, -0.25) is 4.79 Å². The smallest absolute Gasteiger partial charge is 0.230 e. The first kappa shape index (κ1) is 14.6. The minimum atomic E-state index is 0.0830. The van der Waals surface area contributed by atoms with Crippen LogP contribution in [-0.4, -0.2) is 48.9 Å². The number of likely N-dealkylation sites (N-methyl/N-ethyl adjacent to an activating group) is 1. The number of piperidine rings is 1. The fourth-order valence-electron chi connectivity index (χ4n) is 3.82. The highest BCUT2D eigenvalue weighted by atomic mass is 16.2. The van der Waals surface area contributed by atoms with Crippen molar-refractivity contribution in [2.75, 3.05) is 27.2 Å². The van der Waals surface area contributed by atoms with Gasteiger partial charge >= 0.3 is 0 Å². The average molecular weight is 286 g/mol. The predicted octanol–water partition coefficient (Wildman–Crippen LogP) is 2.66. The Morgan fingerprint density at radius 3 is 2.67 bits per heavy atom. The molecule has 1 fully saturated rings. The maximum absolute atomic E-state index is 13.0. The van der Waals surface area contributed by atoms with Gasteiger partial charge < -0.3 is 9.80 Å². The summed E-state index contributed by atoms with van der Waals surface area (Å²) in [5.41, 5.74) is 2.65. The molecule has 1 atom stereocenters. The first-order valence-electron chi connectivity index (χ1n) is 8.20. The van der Waals surface area contributed by atoms with Gasteiger partial charge in [0.1, 0.15) is 0 Å². The van der Waals surface area contributed by atoms with Crippen molar-refractivity contribution in [3.8, 4) is 0 Å². The van der Waals surface area contributed by atoms with Crippen LogP contribution in [0.5, 0.6) is 0 Å². The van der Waals surface area contributed by atoms with E-state index in [4.69, 9.17) is 0 Å². The number of carbonyl (C=O) groups is 1. The summed E-state index contributed by atoms with van der Waals surface area (Å²) in [6.45, 7) is 2.20. The van der Waals surface area contributed by atoms with Crippen molar-refractivity contribution < 1.29 is 4.79 Å². The highest BCUT2D eigenvalue weighted by molar-refractivity contribution is 5.84. The van der Waals surface area contributed by atoms with Gasteiger partial charge in [-0.1, -0.05) is 24.3 Å². The fraction of sp³-hybridized carbons (Fsp3) is 0.611. The number of benzene rings is 1. The normalized spacial score (nSPS) is 23.6. The molecule has 1 aliphatic heterocycles. The van der Waals surface area contributed by atoms with E-state index in [2.05, 4.69) is 36.2 Å². The van der Waals surface area contributed by atoms with Gasteiger partial charge in [-0.05, 0) is 63.4 Å². The Morgan fingerprint density at radius 2 is 1.90 bits per heavy atom. The molecular weight excluding hydrogens is 260 g/mol. The Balaban J connectivity index is 1.73. The summed E-state index contributed by atoms with van der Waals surface area (Å²) in [6.07, 6.45) is 5.47. The summed E-state index contributed by atoms with van der Waals surface area (Å²) < 4.78 is 0. The second-order valence-corrected chi connectivity index (χ2v) is 6.63. The van der Waals surface area contributed by atoms with E-state index in [0.717, 1.165) is 45.2 Å². The van der Waals surface area contributed by atoms with Gasteiger partial charge in [0.25, 0.3) is 0 Å². The van der Waals surface area contributed by atoms with Crippen molar-refractivity contribution in [2.45, 2.75) is 44.1 Å². The van der Waals surface area contributed by atoms with Crippen molar-refractivity contribution in [1.29, 1.82) is 0 Å². The van der Waals surface area contributed by atoms with Crippen LogP contribution >= 0.6 is 0 Å². The molecule has 1 heterocycles. The zero-order chi connectivity index (χ0) is 14.8. The number of carbonyl (C=O) groups excluding carboxylic acids is 1. The summed E-state index contributed by atoms with van der Waals surface area (Å²) in [6, 6.07) is 8.92. The van der Waals surface area contributed by atoms with Crippen LogP contribution in [-0.2, 0) is 11.2 Å². The van der Waals surface area contributed by atoms with Crippen LogP contribution in [0.25, 0.3) is 0 Å². The summed E-state index contributed by atoms with van der Waals surface area (Å²) in [4.78, 5) is 17.3. The van der Waals surface area contributed by atoms with Crippen LogP contribution in [0.1, 0.15) is 42.7 Å². The van der Waals surface area contributed by atoms with Gasteiger partial charge in [0.15, 0.2) is 0 Å². The second-order valence-electron chi connectivity index (χ2n) is 6.63. The lowest BCUT2D eigenvalue weighted by Crippen LogP contribution is -2.46. The molecule has 1 aromatic rings. The number of fused-ring (bicyclic) bond motifs is 1. The summed E-state index contributed by atoms with van der Waals surface area (Å²) in [7, 11) is 4.17. The van der Waals surface area contributed by atoms with Crippen LogP contribution < -0.4 is 0 Å². The van der Waals surface area contributed by atoms with Crippen LogP contribution in [0.15, 0.2) is 24.3 Å².